The molecule has 0 saturated heterocycles. The Kier molecular flexibility index (Phi) is 19.4. The molecule has 0 aromatic rings. The molecule has 0 heterocycles. The van der Waals surface area contributed by atoms with Gasteiger partial charge in [-0.1, -0.05) is 124 Å². The van der Waals surface area contributed by atoms with E-state index in [0.29, 0.717) is 5.41 Å². The minimum atomic E-state index is 0.262. The molecule has 0 rings (SSSR count). The van der Waals surface area contributed by atoms with Crippen molar-refractivity contribution >= 4 is 5.91 Å². The highest BCUT2D eigenvalue weighted by Crippen LogP contribution is 2.22. The van der Waals surface area contributed by atoms with Crippen molar-refractivity contribution in [1.29, 1.82) is 0 Å². The van der Waals surface area contributed by atoms with Gasteiger partial charge in [0.1, 0.15) is 0 Å². The van der Waals surface area contributed by atoms with Crippen molar-refractivity contribution in [2.24, 2.45) is 5.41 Å². The Balaban J connectivity index is 3.19. The molecule has 0 unspecified atom stereocenters. The van der Waals surface area contributed by atoms with E-state index in [2.05, 4.69) is 33.0 Å². The summed E-state index contributed by atoms with van der Waals surface area (Å²) in [5.74, 6) is 0.262. The van der Waals surface area contributed by atoms with Crippen molar-refractivity contribution in [2.45, 2.75) is 150 Å². The highest BCUT2D eigenvalue weighted by Gasteiger charge is 2.08. The SMILES string of the molecule is CCCCCCCCCCCCCCCC(=O)NCCCCCCC(C)(C)C. The van der Waals surface area contributed by atoms with E-state index in [1.54, 1.807) is 0 Å². The fourth-order valence-corrected chi connectivity index (χ4v) is 3.75. The molecule has 0 spiro atoms. The van der Waals surface area contributed by atoms with Crippen molar-refractivity contribution in [3.63, 3.8) is 0 Å². The molecule has 2 heteroatoms. The number of amides is 1. The van der Waals surface area contributed by atoms with E-state index in [9.17, 15) is 4.79 Å². The molecule has 0 radical (unpaired) electrons. The highest BCUT2D eigenvalue weighted by atomic mass is 16.1. The number of unbranched alkanes of at least 4 members (excludes halogenated alkanes) is 15. The lowest BCUT2D eigenvalue weighted by atomic mass is 9.89. The summed E-state index contributed by atoms with van der Waals surface area (Å²) in [6.07, 6.45) is 24.7. The van der Waals surface area contributed by atoms with Crippen LogP contribution in [0.1, 0.15) is 150 Å². The minimum absolute atomic E-state index is 0.262. The molecule has 0 aliphatic carbocycles. The van der Waals surface area contributed by atoms with Crippen molar-refractivity contribution in [3.05, 3.63) is 0 Å². The second-order valence-electron chi connectivity index (χ2n) is 10.1. The summed E-state index contributed by atoms with van der Waals surface area (Å²) in [6, 6.07) is 0. The van der Waals surface area contributed by atoms with Gasteiger partial charge in [0.25, 0.3) is 0 Å². The number of nitrogens with one attached hydrogen (secondary N) is 1. The monoisotopic (exact) mass is 395 g/mol. The Morgan fingerprint density at radius 2 is 1.04 bits per heavy atom. The zero-order valence-electron chi connectivity index (χ0n) is 20.1. The Labute approximate surface area is 178 Å². The maximum atomic E-state index is 11.9. The highest BCUT2D eigenvalue weighted by molar-refractivity contribution is 5.75. The Morgan fingerprint density at radius 3 is 1.54 bits per heavy atom. The molecule has 0 aromatic carbocycles. The van der Waals surface area contributed by atoms with Crippen LogP contribution in [0.2, 0.25) is 0 Å². The number of carbonyl (C=O) groups excluding carboxylic acids is 1. The van der Waals surface area contributed by atoms with Crippen LogP contribution in [0.15, 0.2) is 0 Å². The largest absolute Gasteiger partial charge is 0.356 e. The molecular weight excluding hydrogens is 342 g/mol. The summed E-state index contributed by atoms with van der Waals surface area (Å²) >= 11 is 0. The fourth-order valence-electron chi connectivity index (χ4n) is 3.75. The third kappa shape index (κ3) is 23.5. The zero-order chi connectivity index (χ0) is 20.9. The third-order valence-electron chi connectivity index (χ3n) is 5.68. The number of carbonyl (C=O) groups is 1. The van der Waals surface area contributed by atoms with Gasteiger partial charge in [0, 0.05) is 13.0 Å². The van der Waals surface area contributed by atoms with Crippen LogP contribution in [0.4, 0.5) is 0 Å². The Hall–Kier alpha value is -0.530. The molecule has 1 amide bonds. The van der Waals surface area contributed by atoms with Gasteiger partial charge in [-0.15, -0.1) is 0 Å². The first-order chi connectivity index (χ1) is 13.5. The molecule has 168 valence electrons. The summed E-state index contributed by atoms with van der Waals surface area (Å²) in [7, 11) is 0. The average molecular weight is 396 g/mol. The van der Waals surface area contributed by atoms with Crippen LogP contribution < -0.4 is 5.32 Å². The standard InChI is InChI=1S/C26H53NO/c1-5-6-7-8-9-10-11-12-13-14-15-16-19-22-25(28)27-24-21-18-17-20-23-26(2,3)4/h5-24H2,1-4H3,(H,27,28). The van der Waals surface area contributed by atoms with Crippen LogP contribution in [-0.2, 0) is 4.79 Å². The summed E-state index contributed by atoms with van der Waals surface area (Å²) < 4.78 is 0. The molecule has 28 heavy (non-hydrogen) atoms. The lowest BCUT2D eigenvalue weighted by Crippen LogP contribution is -2.23. The number of hydrogen-bond acceptors (Lipinski definition) is 1. The number of rotatable bonds is 20. The summed E-state index contributed by atoms with van der Waals surface area (Å²) in [5, 5.41) is 3.09. The molecule has 0 bridgehead atoms. The molecular formula is C26H53NO. The molecule has 0 aromatic heterocycles. The molecule has 2 nitrogen and oxygen atoms in total. The second kappa shape index (κ2) is 19.8. The average Bonchev–Trinajstić information content (AvgIpc) is 2.64. The first kappa shape index (κ1) is 27.5. The summed E-state index contributed by atoms with van der Waals surface area (Å²) in [4.78, 5) is 11.9. The van der Waals surface area contributed by atoms with E-state index in [1.807, 2.05) is 0 Å². The van der Waals surface area contributed by atoms with Crippen molar-refractivity contribution in [2.75, 3.05) is 6.54 Å². The maximum absolute atomic E-state index is 11.9. The summed E-state index contributed by atoms with van der Waals surface area (Å²) in [6.45, 7) is 10.1. The van der Waals surface area contributed by atoms with Gasteiger partial charge in [-0.05, 0) is 24.7 Å². The summed E-state index contributed by atoms with van der Waals surface area (Å²) in [5.41, 5.74) is 0.460. The molecule has 0 atom stereocenters. The van der Waals surface area contributed by atoms with E-state index < -0.39 is 0 Å². The van der Waals surface area contributed by atoms with Gasteiger partial charge in [0.05, 0.1) is 0 Å². The topological polar surface area (TPSA) is 29.1 Å². The van der Waals surface area contributed by atoms with Gasteiger partial charge in [0.2, 0.25) is 5.91 Å². The van der Waals surface area contributed by atoms with Crippen molar-refractivity contribution in [3.8, 4) is 0 Å². The minimum Gasteiger partial charge on any atom is -0.356 e. The predicted molar refractivity (Wildman–Crippen MR) is 126 cm³/mol. The lowest BCUT2D eigenvalue weighted by Gasteiger charge is -2.17. The van der Waals surface area contributed by atoms with Crippen LogP contribution in [0, 0.1) is 5.41 Å². The Morgan fingerprint density at radius 1 is 0.607 bits per heavy atom. The van der Waals surface area contributed by atoms with Crippen LogP contribution in [0.25, 0.3) is 0 Å². The number of hydrogen-bond donors (Lipinski definition) is 1. The Bertz CT molecular complexity index is 332. The lowest BCUT2D eigenvalue weighted by molar-refractivity contribution is -0.121. The molecule has 0 aliphatic rings. The molecule has 0 saturated carbocycles. The van der Waals surface area contributed by atoms with Gasteiger partial charge in [-0.25, -0.2) is 0 Å². The fraction of sp³-hybridized carbons (Fsp3) is 0.962. The first-order valence-corrected chi connectivity index (χ1v) is 12.7. The van der Waals surface area contributed by atoms with E-state index in [-0.39, 0.29) is 5.91 Å². The normalized spacial score (nSPS) is 11.7. The van der Waals surface area contributed by atoms with Gasteiger partial charge in [0.15, 0.2) is 0 Å². The first-order valence-electron chi connectivity index (χ1n) is 12.7. The van der Waals surface area contributed by atoms with E-state index >= 15 is 0 Å². The van der Waals surface area contributed by atoms with Crippen LogP contribution in [0.5, 0.6) is 0 Å². The van der Waals surface area contributed by atoms with Crippen molar-refractivity contribution in [1.82, 2.24) is 5.32 Å². The van der Waals surface area contributed by atoms with Crippen molar-refractivity contribution < 1.29 is 4.79 Å². The molecule has 0 aliphatic heterocycles. The van der Waals surface area contributed by atoms with Gasteiger partial charge < -0.3 is 5.32 Å². The van der Waals surface area contributed by atoms with Crippen LogP contribution in [-0.4, -0.2) is 12.5 Å². The van der Waals surface area contributed by atoms with E-state index in [0.717, 1.165) is 25.8 Å². The van der Waals surface area contributed by atoms with E-state index in [4.69, 9.17) is 0 Å². The third-order valence-corrected chi connectivity index (χ3v) is 5.68. The van der Waals surface area contributed by atoms with Crippen LogP contribution in [0.3, 0.4) is 0 Å². The van der Waals surface area contributed by atoms with E-state index in [1.165, 1.54) is 103 Å². The quantitative estimate of drug-likeness (QED) is 0.205. The van der Waals surface area contributed by atoms with Gasteiger partial charge in [-0.3, -0.25) is 4.79 Å². The predicted octanol–water partition coefficient (Wildman–Crippen LogP) is 8.58. The van der Waals surface area contributed by atoms with Gasteiger partial charge >= 0.3 is 0 Å². The van der Waals surface area contributed by atoms with Crippen LogP contribution >= 0.6 is 0 Å². The smallest absolute Gasteiger partial charge is 0.219 e. The molecule has 0 fully saturated rings. The maximum Gasteiger partial charge on any atom is 0.219 e. The zero-order valence-corrected chi connectivity index (χ0v) is 20.1. The molecule has 1 N–H and O–H groups in total. The second-order valence-corrected chi connectivity index (χ2v) is 10.1. The van der Waals surface area contributed by atoms with Gasteiger partial charge in [-0.2, -0.15) is 0 Å².